The van der Waals surface area contributed by atoms with E-state index in [0.717, 1.165) is 24.3 Å². The molecule has 2 saturated carbocycles. The third-order valence-electron chi connectivity index (χ3n) is 4.57. The average Bonchev–Trinajstić information content (AvgIpc) is 2.85. The van der Waals surface area contributed by atoms with Crippen LogP contribution < -0.4 is 5.32 Å². The Kier molecular flexibility index (Phi) is 4.14. The molecule has 0 amide bonds. The van der Waals surface area contributed by atoms with Crippen LogP contribution in [0.4, 0.5) is 0 Å². The van der Waals surface area contributed by atoms with Crippen LogP contribution in [0.2, 0.25) is 0 Å². The van der Waals surface area contributed by atoms with Crippen LogP contribution in [0, 0.1) is 17.8 Å². The lowest BCUT2D eigenvalue weighted by Crippen LogP contribution is -2.32. The van der Waals surface area contributed by atoms with Crippen molar-refractivity contribution >= 4 is 9.84 Å². The second kappa shape index (κ2) is 5.27. The molecular formula is C13H25NO2S. The van der Waals surface area contributed by atoms with E-state index in [1.54, 1.807) is 13.8 Å². The molecule has 0 heterocycles. The quantitative estimate of drug-likeness (QED) is 0.740. The van der Waals surface area contributed by atoms with Crippen molar-refractivity contribution in [2.24, 2.45) is 17.8 Å². The molecule has 2 fully saturated rings. The highest BCUT2D eigenvalue weighted by atomic mass is 32.2. The van der Waals surface area contributed by atoms with Crippen molar-refractivity contribution in [1.82, 2.24) is 5.32 Å². The van der Waals surface area contributed by atoms with Crippen LogP contribution in [-0.4, -0.2) is 32.5 Å². The second-order valence-electron chi connectivity index (χ2n) is 6.05. The molecule has 2 rings (SSSR count). The van der Waals surface area contributed by atoms with Gasteiger partial charge in [-0.3, -0.25) is 0 Å². The number of hydrogen-bond donors (Lipinski definition) is 1. The molecule has 4 heteroatoms. The molecule has 0 aromatic heterocycles. The summed E-state index contributed by atoms with van der Waals surface area (Å²) in [4.78, 5) is 0. The summed E-state index contributed by atoms with van der Waals surface area (Å²) in [5.41, 5.74) is 0. The molecule has 0 aromatic carbocycles. The molecule has 2 bridgehead atoms. The smallest absolute Gasteiger partial charge is 0.153 e. The molecule has 0 saturated heterocycles. The van der Waals surface area contributed by atoms with E-state index in [9.17, 15) is 8.42 Å². The normalized spacial score (nSPS) is 32.5. The maximum atomic E-state index is 11.6. The summed E-state index contributed by atoms with van der Waals surface area (Å²) >= 11 is 0. The Morgan fingerprint density at radius 1 is 1.24 bits per heavy atom. The first-order chi connectivity index (χ1) is 7.99. The Hall–Kier alpha value is -0.0900. The minimum Gasteiger partial charge on any atom is -0.315 e. The summed E-state index contributed by atoms with van der Waals surface area (Å²) < 4.78 is 23.2. The van der Waals surface area contributed by atoms with Gasteiger partial charge in [-0.2, -0.15) is 0 Å². The third-order valence-corrected chi connectivity index (χ3v) is 6.78. The van der Waals surface area contributed by atoms with Gasteiger partial charge < -0.3 is 5.32 Å². The van der Waals surface area contributed by atoms with Crippen molar-refractivity contribution in [3.8, 4) is 0 Å². The topological polar surface area (TPSA) is 46.2 Å². The Labute approximate surface area is 105 Å². The largest absolute Gasteiger partial charge is 0.315 e. The fourth-order valence-corrected chi connectivity index (χ4v) is 4.26. The lowest BCUT2D eigenvalue weighted by atomic mass is 9.89. The van der Waals surface area contributed by atoms with E-state index in [2.05, 4.69) is 5.32 Å². The zero-order valence-electron chi connectivity index (χ0n) is 11.0. The Morgan fingerprint density at radius 2 is 2.00 bits per heavy atom. The van der Waals surface area contributed by atoms with E-state index in [-0.39, 0.29) is 11.0 Å². The second-order valence-corrected chi connectivity index (χ2v) is 8.73. The first-order valence-electron chi connectivity index (χ1n) is 6.91. The maximum absolute atomic E-state index is 11.6. The Bertz CT molecular complexity index is 350. The van der Waals surface area contributed by atoms with Gasteiger partial charge in [-0.05, 0) is 57.4 Å². The molecule has 2 aliphatic rings. The Balaban J connectivity index is 1.64. The molecule has 2 aliphatic carbocycles. The van der Waals surface area contributed by atoms with Crippen LogP contribution in [-0.2, 0) is 9.84 Å². The lowest BCUT2D eigenvalue weighted by Gasteiger charge is -2.22. The van der Waals surface area contributed by atoms with Gasteiger partial charge in [0.05, 0.1) is 11.0 Å². The van der Waals surface area contributed by atoms with Crippen molar-refractivity contribution in [1.29, 1.82) is 0 Å². The van der Waals surface area contributed by atoms with Gasteiger partial charge in [-0.15, -0.1) is 0 Å². The molecule has 0 spiro atoms. The highest BCUT2D eigenvalue weighted by Gasteiger charge is 2.38. The summed E-state index contributed by atoms with van der Waals surface area (Å²) in [5.74, 6) is 3.00. The molecular weight excluding hydrogens is 234 g/mol. The highest BCUT2D eigenvalue weighted by molar-refractivity contribution is 7.92. The summed E-state index contributed by atoms with van der Waals surface area (Å²) in [7, 11) is -2.87. The Morgan fingerprint density at radius 3 is 2.53 bits per heavy atom. The van der Waals surface area contributed by atoms with E-state index in [1.807, 2.05) is 0 Å². The number of sulfone groups is 1. The fraction of sp³-hybridized carbons (Fsp3) is 1.00. The van der Waals surface area contributed by atoms with Gasteiger partial charge >= 0.3 is 0 Å². The average molecular weight is 259 g/mol. The zero-order valence-corrected chi connectivity index (χ0v) is 11.8. The number of fused-ring (bicyclic) bond motifs is 2. The number of rotatable bonds is 6. The van der Waals surface area contributed by atoms with Gasteiger partial charge in [0.2, 0.25) is 0 Å². The summed E-state index contributed by atoms with van der Waals surface area (Å²) in [6.07, 6.45) is 5.63. The van der Waals surface area contributed by atoms with E-state index in [0.29, 0.717) is 6.54 Å². The predicted molar refractivity (Wildman–Crippen MR) is 70.7 cm³/mol. The predicted octanol–water partition coefficient (Wildman–Crippen LogP) is 1.84. The molecule has 0 aromatic rings. The maximum Gasteiger partial charge on any atom is 0.153 e. The minimum absolute atomic E-state index is 0.244. The molecule has 0 aliphatic heterocycles. The molecule has 3 unspecified atom stereocenters. The highest BCUT2D eigenvalue weighted by Crippen LogP contribution is 2.47. The van der Waals surface area contributed by atoms with Crippen LogP contribution >= 0.6 is 0 Å². The number of hydrogen-bond acceptors (Lipinski definition) is 3. The summed E-state index contributed by atoms with van der Waals surface area (Å²) in [6.45, 7) is 5.15. The van der Waals surface area contributed by atoms with Crippen LogP contribution in [0.25, 0.3) is 0 Å². The van der Waals surface area contributed by atoms with Crippen LogP contribution in [0.15, 0.2) is 0 Å². The fourth-order valence-electron chi connectivity index (χ4n) is 3.36. The lowest BCUT2D eigenvalue weighted by molar-refractivity contribution is 0.321. The van der Waals surface area contributed by atoms with Gasteiger partial charge in [0.15, 0.2) is 9.84 Å². The molecule has 17 heavy (non-hydrogen) atoms. The third kappa shape index (κ3) is 3.22. The minimum atomic E-state index is -2.87. The van der Waals surface area contributed by atoms with Gasteiger partial charge in [-0.25, -0.2) is 8.42 Å². The van der Waals surface area contributed by atoms with Crippen LogP contribution in [0.1, 0.15) is 39.5 Å². The van der Waals surface area contributed by atoms with Crippen LogP contribution in [0.5, 0.6) is 0 Å². The number of nitrogens with one attached hydrogen (secondary N) is 1. The first kappa shape index (κ1) is 13.3. The van der Waals surface area contributed by atoms with E-state index in [1.165, 1.54) is 25.7 Å². The van der Waals surface area contributed by atoms with Crippen molar-refractivity contribution in [3.05, 3.63) is 0 Å². The van der Waals surface area contributed by atoms with E-state index in [4.69, 9.17) is 0 Å². The van der Waals surface area contributed by atoms with E-state index < -0.39 is 9.84 Å². The van der Waals surface area contributed by atoms with Crippen molar-refractivity contribution in [3.63, 3.8) is 0 Å². The summed E-state index contributed by atoms with van der Waals surface area (Å²) in [5, 5.41) is 3.10. The van der Waals surface area contributed by atoms with E-state index >= 15 is 0 Å². The van der Waals surface area contributed by atoms with Crippen molar-refractivity contribution in [2.45, 2.75) is 44.8 Å². The van der Waals surface area contributed by atoms with Crippen LogP contribution in [0.3, 0.4) is 0 Å². The SMILES string of the molecule is CC(C)S(=O)(=O)CCNCC1CC2CCC1C2. The molecule has 0 radical (unpaired) electrons. The van der Waals surface area contributed by atoms with Crippen molar-refractivity contribution in [2.75, 3.05) is 18.8 Å². The molecule has 1 N–H and O–H groups in total. The molecule has 100 valence electrons. The monoisotopic (exact) mass is 259 g/mol. The standard InChI is InChI=1S/C13H25NO2S/c1-10(2)17(15,16)6-5-14-9-13-8-11-3-4-12(13)7-11/h10-14H,3-9H2,1-2H3. The van der Waals surface area contributed by atoms with Gasteiger partial charge in [0.25, 0.3) is 0 Å². The molecule has 3 atom stereocenters. The van der Waals surface area contributed by atoms with Crippen molar-refractivity contribution < 1.29 is 8.42 Å². The van der Waals surface area contributed by atoms with Gasteiger partial charge in [0.1, 0.15) is 0 Å². The first-order valence-corrected chi connectivity index (χ1v) is 8.63. The summed E-state index contributed by atoms with van der Waals surface area (Å²) in [6, 6.07) is 0. The zero-order chi connectivity index (χ0) is 12.5. The van der Waals surface area contributed by atoms with Gasteiger partial charge in [-0.1, -0.05) is 6.42 Å². The van der Waals surface area contributed by atoms with Gasteiger partial charge in [0, 0.05) is 6.54 Å². The molecule has 3 nitrogen and oxygen atoms in total.